The molecule has 0 saturated heterocycles. The molecule has 2 aromatic rings. The highest BCUT2D eigenvalue weighted by Gasteiger charge is 2.21. The Bertz CT molecular complexity index is 569. The van der Waals surface area contributed by atoms with Crippen LogP contribution in [0.2, 0.25) is 0 Å². The minimum absolute atomic E-state index is 0.272. The molecule has 3 heterocycles. The molecule has 0 fully saturated rings. The molecule has 2 aromatic heterocycles. The molecular formula is C12H13FN4O. The third-order valence-corrected chi connectivity index (χ3v) is 3.17. The van der Waals surface area contributed by atoms with Crippen molar-refractivity contribution in [2.75, 3.05) is 11.4 Å². The maximum absolute atomic E-state index is 14.1. The Balaban J connectivity index is 1.93. The van der Waals surface area contributed by atoms with E-state index in [-0.39, 0.29) is 18.0 Å². The molecule has 0 aliphatic carbocycles. The molecule has 1 aliphatic heterocycles. The van der Waals surface area contributed by atoms with E-state index < -0.39 is 5.82 Å². The van der Waals surface area contributed by atoms with Gasteiger partial charge in [-0.3, -0.25) is 0 Å². The van der Waals surface area contributed by atoms with Gasteiger partial charge in [-0.2, -0.15) is 0 Å². The predicted octanol–water partition coefficient (Wildman–Crippen LogP) is 0.930. The molecule has 0 saturated carbocycles. The van der Waals surface area contributed by atoms with Crippen molar-refractivity contribution in [3.8, 4) is 0 Å². The number of rotatable bonds is 2. The van der Waals surface area contributed by atoms with Crippen molar-refractivity contribution in [2.24, 2.45) is 0 Å². The second-order valence-electron chi connectivity index (χ2n) is 4.22. The Labute approximate surface area is 104 Å². The van der Waals surface area contributed by atoms with Crippen LogP contribution in [0.1, 0.15) is 11.4 Å². The summed E-state index contributed by atoms with van der Waals surface area (Å²) in [6.07, 6.45) is 5.18. The van der Waals surface area contributed by atoms with Gasteiger partial charge in [-0.05, 0) is 6.07 Å². The standard InChI is InChI=1S/C12H13FN4O/c13-11-9(8-18)1-2-15-12(11)17-6-5-16-4-3-14-10(16)7-17/h1-4,18H,5-8H2. The highest BCUT2D eigenvalue weighted by atomic mass is 19.1. The van der Waals surface area contributed by atoms with E-state index in [0.717, 1.165) is 12.4 Å². The first-order valence-electron chi connectivity index (χ1n) is 5.79. The van der Waals surface area contributed by atoms with Gasteiger partial charge in [0.2, 0.25) is 0 Å². The molecule has 6 heteroatoms. The Morgan fingerprint density at radius 3 is 3.00 bits per heavy atom. The van der Waals surface area contributed by atoms with Crippen LogP contribution >= 0.6 is 0 Å². The number of aromatic nitrogens is 3. The molecule has 3 rings (SSSR count). The van der Waals surface area contributed by atoms with Crippen molar-refractivity contribution in [3.05, 3.63) is 41.9 Å². The first kappa shape index (κ1) is 11.2. The number of hydrogen-bond donors (Lipinski definition) is 1. The fourth-order valence-corrected chi connectivity index (χ4v) is 2.17. The Morgan fingerprint density at radius 1 is 1.28 bits per heavy atom. The molecule has 1 N–H and O–H groups in total. The summed E-state index contributed by atoms with van der Waals surface area (Å²) in [5.41, 5.74) is 0.272. The topological polar surface area (TPSA) is 54.2 Å². The summed E-state index contributed by atoms with van der Waals surface area (Å²) in [5, 5.41) is 9.06. The maximum Gasteiger partial charge on any atom is 0.171 e. The van der Waals surface area contributed by atoms with Crippen LogP contribution in [0, 0.1) is 5.82 Å². The summed E-state index contributed by atoms with van der Waals surface area (Å²) >= 11 is 0. The van der Waals surface area contributed by atoms with Crippen molar-refractivity contribution < 1.29 is 9.50 Å². The molecule has 0 aromatic carbocycles. The summed E-state index contributed by atoms with van der Waals surface area (Å²) in [4.78, 5) is 10.1. The van der Waals surface area contributed by atoms with E-state index in [4.69, 9.17) is 5.11 Å². The third-order valence-electron chi connectivity index (χ3n) is 3.17. The van der Waals surface area contributed by atoms with Gasteiger partial charge in [-0.1, -0.05) is 0 Å². The highest BCUT2D eigenvalue weighted by Crippen LogP contribution is 2.23. The van der Waals surface area contributed by atoms with Gasteiger partial charge < -0.3 is 14.6 Å². The lowest BCUT2D eigenvalue weighted by molar-refractivity contribution is 0.275. The second kappa shape index (κ2) is 4.38. The van der Waals surface area contributed by atoms with E-state index in [1.807, 2.05) is 15.7 Å². The molecule has 0 spiro atoms. The monoisotopic (exact) mass is 248 g/mol. The molecule has 0 atom stereocenters. The number of imidazole rings is 1. The highest BCUT2D eigenvalue weighted by molar-refractivity contribution is 5.43. The number of anilines is 1. The molecule has 94 valence electrons. The van der Waals surface area contributed by atoms with Gasteiger partial charge in [0.05, 0.1) is 13.2 Å². The minimum Gasteiger partial charge on any atom is -0.392 e. The van der Waals surface area contributed by atoms with Crippen molar-refractivity contribution in [3.63, 3.8) is 0 Å². The normalized spacial score (nSPS) is 14.7. The third kappa shape index (κ3) is 1.74. The zero-order chi connectivity index (χ0) is 12.5. The predicted molar refractivity (Wildman–Crippen MR) is 63.4 cm³/mol. The summed E-state index contributed by atoms with van der Waals surface area (Å²) in [5.74, 6) is 0.743. The lowest BCUT2D eigenvalue weighted by Crippen LogP contribution is -2.34. The molecule has 18 heavy (non-hydrogen) atoms. The van der Waals surface area contributed by atoms with Gasteiger partial charge in [-0.25, -0.2) is 14.4 Å². The van der Waals surface area contributed by atoms with Gasteiger partial charge in [-0.15, -0.1) is 0 Å². The molecule has 0 bridgehead atoms. The van der Waals surface area contributed by atoms with Crippen LogP contribution < -0.4 is 4.90 Å². The number of hydrogen-bond acceptors (Lipinski definition) is 4. The summed E-state index contributed by atoms with van der Waals surface area (Å²) in [7, 11) is 0. The van der Waals surface area contributed by atoms with Crippen LogP contribution in [-0.2, 0) is 19.7 Å². The van der Waals surface area contributed by atoms with Gasteiger partial charge in [0.25, 0.3) is 0 Å². The zero-order valence-corrected chi connectivity index (χ0v) is 9.75. The molecule has 0 unspecified atom stereocenters. The van der Waals surface area contributed by atoms with Crippen LogP contribution in [0.25, 0.3) is 0 Å². The Kier molecular flexibility index (Phi) is 2.71. The van der Waals surface area contributed by atoms with Crippen LogP contribution in [0.15, 0.2) is 24.7 Å². The van der Waals surface area contributed by atoms with Gasteiger partial charge >= 0.3 is 0 Å². The molecule has 0 amide bonds. The molecule has 5 nitrogen and oxygen atoms in total. The maximum atomic E-state index is 14.1. The second-order valence-corrected chi connectivity index (χ2v) is 4.22. The number of halogens is 1. The first-order valence-corrected chi connectivity index (χ1v) is 5.79. The van der Waals surface area contributed by atoms with Gasteiger partial charge in [0, 0.05) is 37.2 Å². The van der Waals surface area contributed by atoms with E-state index in [1.165, 1.54) is 12.3 Å². The van der Waals surface area contributed by atoms with Gasteiger partial charge in [0.1, 0.15) is 5.82 Å². The van der Waals surface area contributed by atoms with Crippen molar-refractivity contribution >= 4 is 5.82 Å². The van der Waals surface area contributed by atoms with Crippen LogP contribution in [0.3, 0.4) is 0 Å². The van der Waals surface area contributed by atoms with E-state index in [0.29, 0.717) is 13.1 Å². The molecule has 0 radical (unpaired) electrons. The van der Waals surface area contributed by atoms with Crippen LogP contribution in [0.5, 0.6) is 0 Å². The fourth-order valence-electron chi connectivity index (χ4n) is 2.17. The van der Waals surface area contributed by atoms with E-state index in [2.05, 4.69) is 9.97 Å². The summed E-state index contributed by atoms with van der Waals surface area (Å²) < 4.78 is 16.1. The number of aliphatic hydroxyl groups excluding tert-OH is 1. The fraction of sp³-hybridized carbons (Fsp3) is 0.333. The number of aliphatic hydroxyl groups is 1. The van der Waals surface area contributed by atoms with Crippen LogP contribution in [0.4, 0.5) is 10.2 Å². The smallest absolute Gasteiger partial charge is 0.171 e. The Hall–Kier alpha value is -1.95. The van der Waals surface area contributed by atoms with E-state index in [9.17, 15) is 4.39 Å². The quantitative estimate of drug-likeness (QED) is 0.859. The number of pyridine rings is 1. The summed E-state index contributed by atoms with van der Waals surface area (Å²) in [6.45, 7) is 1.66. The Morgan fingerprint density at radius 2 is 2.17 bits per heavy atom. The largest absolute Gasteiger partial charge is 0.392 e. The molecule has 1 aliphatic rings. The van der Waals surface area contributed by atoms with Crippen molar-refractivity contribution in [1.82, 2.24) is 14.5 Å². The molecular weight excluding hydrogens is 235 g/mol. The van der Waals surface area contributed by atoms with Crippen molar-refractivity contribution in [1.29, 1.82) is 0 Å². The SMILES string of the molecule is OCc1ccnc(N2CCn3ccnc3C2)c1F. The number of nitrogens with zero attached hydrogens (tertiary/aromatic N) is 4. The van der Waals surface area contributed by atoms with Crippen molar-refractivity contribution in [2.45, 2.75) is 19.7 Å². The van der Waals surface area contributed by atoms with E-state index in [1.54, 1.807) is 6.20 Å². The van der Waals surface area contributed by atoms with Gasteiger partial charge in [0.15, 0.2) is 11.6 Å². The number of fused-ring (bicyclic) bond motifs is 1. The first-order chi connectivity index (χ1) is 8.79. The lowest BCUT2D eigenvalue weighted by atomic mass is 10.2. The summed E-state index contributed by atoms with van der Waals surface area (Å²) in [6, 6.07) is 1.49. The van der Waals surface area contributed by atoms with Crippen LogP contribution in [-0.4, -0.2) is 26.2 Å². The average Bonchev–Trinajstić information content (AvgIpc) is 2.86. The minimum atomic E-state index is -0.444. The zero-order valence-electron chi connectivity index (χ0n) is 9.75. The average molecular weight is 248 g/mol. The lowest BCUT2D eigenvalue weighted by Gasteiger charge is -2.29. The van der Waals surface area contributed by atoms with E-state index >= 15 is 0 Å².